The maximum atomic E-state index is 10.5. The molecule has 59 valence electrons. The van der Waals surface area contributed by atoms with Crippen LogP contribution in [0.1, 0.15) is 11.1 Å². The van der Waals surface area contributed by atoms with Crippen LogP contribution in [0.4, 0.5) is 0 Å². The third-order valence-corrected chi connectivity index (χ3v) is 2.03. The van der Waals surface area contributed by atoms with Crippen molar-refractivity contribution in [2.75, 3.05) is 0 Å². The molecular formula is C10H7O2. The molecule has 0 heterocycles. The van der Waals surface area contributed by atoms with E-state index in [4.69, 9.17) is 0 Å². The van der Waals surface area contributed by atoms with Gasteiger partial charge in [-0.1, -0.05) is 24.3 Å². The first-order valence-electron chi connectivity index (χ1n) is 3.77. The molecule has 0 atom stereocenters. The van der Waals surface area contributed by atoms with Crippen molar-refractivity contribution in [2.45, 2.75) is 6.42 Å². The van der Waals surface area contributed by atoms with Crippen LogP contribution in [0.15, 0.2) is 29.8 Å². The minimum absolute atomic E-state index is 0.371. The zero-order chi connectivity index (χ0) is 8.55. The largest absolute Gasteiger partial charge is 0.382 e. The van der Waals surface area contributed by atoms with Gasteiger partial charge >= 0.3 is 5.97 Å². The number of hydrogen-bond donors (Lipinski definition) is 0. The van der Waals surface area contributed by atoms with E-state index in [1.165, 1.54) is 0 Å². The number of rotatable bonds is 1. The van der Waals surface area contributed by atoms with Gasteiger partial charge in [0.15, 0.2) is 0 Å². The van der Waals surface area contributed by atoms with Crippen LogP contribution >= 0.6 is 0 Å². The van der Waals surface area contributed by atoms with Crippen molar-refractivity contribution in [3.63, 3.8) is 0 Å². The predicted octanol–water partition coefficient (Wildman–Crippen LogP) is 1.58. The summed E-state index contributed by atoms with van der Waals surface area (Å²) in [5.41, 5.74) is 2.43. The molecule has 0 saturated heterocycles. The topological polar surface area (TPSA) is 37.0 Å². The minimum Gasteiger partial charge on any atom is -0.242 e. The van der Waals surface area contributed by atoms with E-state index in [0.717, 1.165) is 11.1 Å². The monoisotopic (exact) mass is 159 g/mol. The second-order valence-corrected chi connectivity index (χ2v) is 2.83. The van der Waals surface area contributed by atoms with Crippen LogP contribution in [-0.2, 0) is 16.3 Å². The van der Waals surface area contributed by atoms with Crippen LogP contribution in [0.2, 0.25) is 0 Å². The number of benzene rings is 1. The van der Waals surface area contributed by atoms with Crippen molar-refractivity contribution < 1.29 is 9.90 Å². The highest BCUT2D eigenvalue weighted by Crippen LogP contribution is 2.24. The van der Waals surface area contributed by atoms with E-state index in [2.05, 4.69) is 0 Å². The molecule has 0 saturated carbocycles. The fraction of sp³-hybridized carbons (Fsp3) is 0.100. The molecular weight excluding hydrogens is 152 g/mol. The summed E-state index contributed by atoms with van der Waals surface area (Å²) in [4.78, 5) is 10.5. The number of carbonyl (C=O) groups is 1. The molecule has 2 rings (SSSR count). The smallest absolute Gasteiger partial charge is 0.242 e. The second kappa shape index (κ2) is 2.48. The summed E-state index contributed by atoms with van der Waals surface area (Å²) in [7, 11) is 0. The van der Waals surface area contributed by atoms with E-state index < -0.39 is 5.97 Å². The molecule has 1 aliphatic carbocycles. The first-order chi connectivity index (χ1) is 5.77. The Hall–Kier alpha value is -1.57. The molecule has 0 fully saturated rings. The lowest BCUT2D eigenvalue weighted by molar-refractivity contribution is -0.138. The fourth-order valence-corrected chi connectivity index (χ4v) is 1.41. The Morgan fingerprint density at radius 3 is 2.67 bits per heavy atom. The molecule has 0 aliphatic heterocycles. The molecule has 1 aromatic rings. The quantitative estimate of drug-likeness (QED) is 0.613. The summed E-state index contributed by atoms with van der Waals surface area (Å²) in [6.45, 7) is 0. The maximum absolute atomic E-state index is 10.5. The molecule has 0 spiro atoms. The Balaban J connectivity index is 2.41. The van der Waals surface area contributed by atoms with E-state index in [0.29, 0.717) is 12.0 Å². The van der Waals surface area contributed by atoms with Gasteiger partial charge in [0.1, 0.15) is 0 Å². The summed E-state index contributed by atoms with van der Waals surface area (Å²) >= 11 is 0. The average Bonchev–Trinajstić information content (AvgIpc) is 2.46. The molecule has 12 heavy (non-hydrogen) atoms. The van der Waals surface area contributed by atoms with Crippen LogP contribution in [0.5, 0.6) is 0 Å². The van der Waals surface area contributed by atoms with Gasteiger partial charge in [-0.15, -0.1) is 0 Å². The fourth-order valence-electron chi connectivity index (χ4n) is 1.41. The predicted molar refractivity (Wildman–Crippen MR) is 43.8 cm³/mol. The Morgan fingerprint density at radius 2 is 2.00 bits per heavy atom. The van der Waals surface area contributed by atoms with Gasteiger partial charge in [-0.05, 0) is 17.2 Å². The highest BCUT2D eigenvalue weighted by atomic mass is 16.4. The van der Waals surface area contributed by atoms with E-state index >= 15 is 0 Å². The Kier molecular flexibility index (Phi) is 1.47. The standard InChI is InChI=1S/C10H7O2/c11-10(12)9-5-7-3-1-2-4-8(7)6-9/h1-5H,6H2. The van der Waals surface area contributed by atoms with Gasteiger partial charge in [0, 0.05) is 12.0 Å². The van der Waals surface area contributed by atoms with Gasteiger partial charge in [0.05, 0.1) is 0 Å². The van der Waals surface area contributed by atoms with Gasteiger partial charge in [-0.3, -0.25) is 0 Å². The van der Waals surface area contributed by atoms with Crippen LogP contribution < -0.4 is 0 Å². The van der Waals surface area contributed by atoms with Crippen molar-refractivity contribution in [1.82, 2.24) is 0 Å². The van der Waals surface area contributed by atoms with Gasteiger partial charge in [0.2, 0.25) is 0 Å². The van der Waals surface area contributed by atoms with E-state index in [9.17, 15) is 9.90 Å². The van der Waals surface area contributed by atoms with Crippen molar-refractivity contribution >= 4 is 12.0 Å². The van der Waals surface area contributed by atoms with Crippen LogP contribution in [0.25, 0.3) is 6.08 Å². The van der Waals surface area contributed by atoms with Crippen LogP contribution in [0.3, 0.4) is 0 Å². The third-order valence-electron chi connectivity index (χ3n) is 2.03. The molecule has 2 heteroatoms. The van der Waals surface area contributed by atoms with Crippen molar-refractivity contribution in [2.24, 2.45) is 0 Å². The van der Waals surface area contributed by atoms with Gasteiger partial charge < -0.3 is 0 Å². The molecule has 1 aliphatic rings. The molecule has 0 amide bonds. The lowest BCUT2D eigenvalue weighted by Crippen LogP contribution is -1.97. The number of carbonyl (C=O) groups excluding carboxylic acids is 1. The number of hydrogen-bond acceptors (Lipinski definition) is 1. The van der Waals surface area contributed by atoms with E-state index in [1.54, 1.807) is 6.08 Å². The summed E-state index contributed by atoms with van der Waals surface area (Å²) in [5, 5.41) is 10.5. The van der Waals surface area contributed by atoms with Crippen molar-refractivity contribution in [3.8, 4) is 0 Å². The highest BCUT2D eigenvalue weighted by Gasteiger charge is 2.17. The van der Waals surface area contributed by atoms with Gasteiger partial charge in [0.25, 0.3) is 0 Å². The molecule has 0 aromatic heterocycles. The number of fused-ring (bicyclic) bond motifs is 1. The first kappa shape index (κ1) is 7.10. The SMILES string of the molecule is [O]C(=O)C1=Cc2ccccc2C1. The van der Waals surface area contributed by atoms with E-state index in [-0.39, 0.29) is 0 Å². The summed E-state index contributed by atoms with van der Waals surface area (Å²) in [5.74, 6) is -1.06. The van der Waals surface area contributed by atoms with Gasteiger partial charge in [-0.2, -0.15) is 0 Å². The van der Waals surface area contributed by atoms with Crippen LogP contribution in [0, 0.1) is 0 Å². The normalized spacial score (nSPS) is 13.8. The Labute approximate surface area is 70.2 Å². The molecule has 0 unspecified atom stereocenters. The second-order valence-electron chi connectivity index (χ2n) is 2.83. The zero-order valence-electron chi connectivity index (χ0n) is 6.41. The third kappa shape index (κ3) is 1.01. The van der Waals surface area contributed by atoms with E-state index in [1.807, 2.05) is 24.3 Å². The summed E-state index contributed by atoms with van der Waals surface area (Å²) in [6.07, 6.45) is 2.17. The highest BCUT2D eigenvalue weighted by molar-refractivity contribution is 5.94. The summed E-state index contributed by atoms with van der Waals surface area (Å²) in [6, 6.07) is 7.64. The van der Waals surface area contributed by atoms with Crippen molar-refractivity contribution in [3.05, 3.63) is 41.0 Å². The lowest BCUT2D eigenvalue weighted by atomic mass is 10.1. The molecule has 1 aromatic carbocycles. The molecule has 0 N–H and O–H groups in total. The zero-order valence-corrected chi connectivity index (χ0v) is 6.41. The van der Waals surface area contributed by atoms with Gasteiger partial charge in [-0.25, -0.2) is 9.90 Å². The molecule has 0 bridgehead atoms. The maximum Gasteiger partial charge on any atom is 0.382 e. The summed E-state index contributed by atoms with van der Waals surface area (Å²) < 4.78 is 0. The van der Waals surface area contributed by atoms with Crippen LogP contribution in [-0.4, -0.2) is 5.97 Å². The first-order valence-corrected chi connectivity index (χ1v) is 3.77. The lowest BCUT2D eigenvalue weighted by Gasteiger charge is -1.93. The van der Waals surface area contributed by atoms with Crippen molar-refractivity contribution in [1.29, 1.82) is 0 Å². The minimum atomic E-state index is -1.06. The Bertz CT molecular complexity index is 364. The Morgan fingerprint density at radius 1 is 1.25 bits per heavy atom. The molecule has 2 nitrogen and oxygen atoms in total. The molecule has 1 radical (unpaired) electrons. The average molecular weight is 159 g/mol.